The van der Waals surface area contributed by atoms with Crippen LogP contribution in [-0.4, -0.2) is 29.7 Å². The molecule has 0 saturated carbocycles. The molecule has 0 aromatic carbocycles. The molecule has 3 N–H and O–H groups in total. The van der Waals surface area contributed by atoms with Crippen molar-refractivity contribution in [1.29, 1.82) is 0 Å². The zero-order chi connectivity index (χ0) is 13.9. The van der Waals surface area contributed by atoms with Gasteiger partial charge < -0.3 is 5.73 Å². The number of nitrogens with zero attached hydrogens (tertiary/aromatic N) is 3. The van der Waals surface area contributed by atoms with Crippen LogP contribution in [0.3, 0.4) is 0 Å². The maximum Gasteiger partial charge on any atom is 0.260 e. The fourth-order valence-electron chi connectivity index (χ4n) is 1.58. The van der Waals surface area contributed by atoms with Crippen molar-refractivity contribution in [2.45, 2.75) is 18.5 Å². The Hall–Kier alpha value is -1.93. The maximum atomic E-state index is 12.0. The van der Waals surface area contributed by atoms with Gasteiger partial charge in [0.1, 0.15) is 0 Å². The molecule has 19 heavy (non-hydrogen) atoms. The number of nitrogens with two attached hydrogens (primary N) is 1. The predicted octanol–water partition coefficient (Wildman–Crippen LogP) is 0.147. The molecule has 2 aromatic rings. The van der Waals surface area contributed by atoms with Crippen LogP contribution in [0, 0.1) is 6.92 Å². The van der Waals surface area contributed by atoms with E-state index in [1.807, 2.05) is 13.1 Å². The van der Waals surface area contributed by atoms with Crippen molar-refractivity contribution in [3.8, 4) is 0 Å². The van der Waals surface area contributed by atoms with E-state index >= 15 is 0 Å². The summed E-state index contributed by atoms with van der Waals surface area (Å²) in [4.78, 5) is 3.78. The second kappa shape index (κ2) is 5.37. The summed E-state index contributed by atoms with van der Waals surface area (Å²) in [5, 5.41) is 3.92. The quantitative estimate of drug-likeness (QED) is 0.812. The van der Waals surface area contributed by atoms with Crippen molar-refractivity contribution in [1.82, 2.24) is 19.5 Å². The molecule has 2 rings (SSSR count). The zero-order valence-corrected chi connectivity index (χ0v) is 11.3. The van der Waals surface area contributed by atoms with Gasteiger partial charge in [0, 0.05) is 18.9 Å². The topological polar surface area (TPSA) is 103 Å². The Kier molecular flexibility index (Phi) is 3.82. The minimum Gasteiger partial charge on any atom is -0.396 e. The fraction of sp³-hybridized carbons (Fsp3) is 0.273. The lowest BCUT2D eigenvalue weighted by Gasteiger charge is -2.07. The van der Waals surface area contributed by atoms with E-state index in [2.05, 4.69) is 14.8 Å². The summed E-state index contributed by atoms with van der Waals surface area (Å²) in [5.74, 6) is 0. The first-order valence-corrected chi connectivity index (χ1v) is 7.16. The van der Waals surface area contributed by atoms with Crippen molar-refractivity contribution in [2.75, 3.05) is 12.3 Å². The molecule has 8 heteroatoms. The van der Waals surface area contributed by atoms with Gasteiger partial charge in [-0.1, -0.05) is 0 Å². The highest BCUT2D eigenvalue weighted by atomic mass is 32.2. The van der Waals surface area contributed by atoms with E-state index < -0.39 is 10.0 Å². The van der Waals surface area contributed by atoms with Crippen LogP contribution in [-0.2, 0) is 16.6 Å². The van der Waals surface area contributed by atoms with E-state index in [1.165, 1.54) is 12.3 Å². The maximum absolute atomic E-state index is 12.0. The lowest BCUT2D eigenvalue weighted by molar-refractivity contribution is 0.558. The molecule has 0 aliphatic carbocycles. The first-order valence-electron chi connectivity index (χ1n) is 5.68. The number of aromatic nitrogens is 3. The average molecular weight is 281 g/mol. The number of nitrogens with one attached hydrogen (secondary N) is 1. The summed E-state index contributed by atoms with van der Waals surface area (Å²) in [6, 6.07) is 3.08. The van der Waals surface area contributed by atoms with Crippen LogP contribution in [0.25, 0.3) is 0 Å². The highest BCUT2D eigenvalue weighted by Crippen LogP contribution is 2.13. The van der Waals surface area contributed by atoms with Gasteiger partial charge in [-0.15, -0.1) is 0 Å². The molecule has 7 nitrogen and oxygen atoms in total. The number of anilines is 1. The van der Waals surface area contributed by atoms with Gasteiger partial charge in [-0.2, -0.15) is 5.10 Å². The molecule has 2 heterocycles. The van der Waals surface area contributed by atoms with Crippen LogP contribution in [0.5, 0.6) is 0 Å². The smallest absolute Gasteiger partial charge is 0.260 e. The number of aryl methyl sites for hydroxylation is 1. The Bertz CT molecular complexity index is 665. The monoisotopic (exact) mass is 281 g/mol. The molecule has 0 aliphatic heterocycles. The van der Waals surface area contributed by atoms with Crippen LogP contribution < -0.4 is 10.5 Å². The van der Waals surface area contributed by atoms with Gasteiger partial charge >= 0.3 is 0 Å². The summed E-state index contributed by atoms with van der Waals surface area (Å²) < 4.78 is 28.0. The Morgan fingerprint density at radius 2 is 2.26 bits per heavy atom. The first-order chi connectivity index (χ1) is 8.99. The van der Waals surface area contributed by atoms with Crippen LogP contribution in [0.1, 0.15) is 5.56 Å². The minimum absolute atomic E-state index is 0.130. The van der Waals surface area contributed by atoms with Gasteiger partial charge in [-0.3, -0.25) is 4.68 Å². The van der Waals surface area contributed by atoms with Crippen LogP contribution >= 0.6 is 0 Å². The number of hydrogen-bond acceptors (Lipinski definition) is 5. The predicted molar refractivity (Wildman–Crippen MR) is 70.8 cm³/mol. The average Bonchev–Trinajstić information content (AvgIpc) is 2.75. The first kappa shape index (κ1) is 13.5. The third kappa shape index (κ3) is 3.30. The van der Waals surface area contributed by atoms with E-state index in [1.54, 1.807) is 16.9 Å². The molecule has 0 fully saturated rings. The summed E-state index contributed by atoms with van der Waals surface area (Å²) >= 11 is 0. The molecule has 0 saturated heterocycles. The van der Waals surface area contributed by atoms with E-state index in [0.717, 1.165) is 5.56 Å². The molecular weight excluding hydrogens is 266 g/mol. The number of sulfonamides is 1. The fourth-order valence-corrected chi connectivity index (χ4v) is 2.65. The molecule has 0 radical (unpaired) electrons. The largest absolute Gasteiger partial charge is 0.396 e. The summed E-state index contributed by atoms with van der Waals surface area (Å²) in [5.41, 5.74) is 6.75. The van der Waals surface area contributed by atoms with E-state index in [0.29, 0.717) is 6.54 Å². The number of rotatable bonds is 5. The minimum atomic E-state index is -3.68. The Balaban J connectivity index is 2.01. The van der Waals surface area contributed by atoms with Gasteiger partial charge in [0.05, 0.1) is 18.4 Å². The van der Waals surface area contributed by atoms with Crippen molar-refractivity contribution in [2.24, 2.45) is 0 Å². The zero-order valence-electron chi connectivity index (χ0n) is 10.4. The van der Waals surface area contributed by atoms with Gasteiger partial charge in [-0.25, -0.2) is 18.1 Å². The number of pyridine rings is 1. The van der Waals surface area contributed by atoms with Crippen molar-refractivity contribution < 1.29 is 8.42 Å². The van der Waals surface area contributed by atoms with Crippen LogP contribution in [0.15, 0.2) is 35.7 Å². The molecule has 2 aromatic heterocycles. The second-order valence-electron chi connectivity index (χ2n) is 4.08. The molecule has 102 valence electrons. The van der Waals surface area contributed by atoms with Crippen molar-refractivity contribution in [3.63, 3.8) is 0 Å². The molecule has 0 spiro atoms. The normalized spacial score (nSPS) is 11.6. The van der Waals surface area contributed by atoms with Crippen molar-refractivity contribution in [3.05, 3.63) is 36.3 Å². The SMILES string of the molecule is Cc1cnn(CCNS(=O)(=O)c2ncccc2N)c1. The number of hydrogen-bond donors (Lipinski definition) is 2. The highest BCUT2D eigenvalue weighted by Gasteiger charge is 2.17. The lowest BCUT2D eigenvalue weighted by atomic mass is 10.4. The lowest BCUT2D eigenvalue weighted by Crippen LogP contribution is -2.28. The Morgan fingerprint density at radius 1 is 1.47 bits per heavy atom. The van der Waals surface area contributed by atoms with E-state index in [4.69, 9.17) is 5.73 Å². The number of nitrogen functional groups attached to an aromatic ring is 1. The van der Waals surface area contributed by atoms with Gasteiger partial charge in [0.2, 0.25) is 0 Å². The van der Waals surface area contributed by atoms with Crippen LogP contribution in [0.2, 0.25) is 0 Å². The van der Waals surface area contributed by atoms with Gasteiger partial charge in [-0.05, 0) is 24.6 Å². The van der Waals surface area contributed by atoms with Crippen molar-refractivity contribution >= 4 is 15.7 Å². The summed E-state index contributed by atoms with van der Waals surface area (Å²) in [6.45, 7) is 2.58. The summed E-state index contributed by atoms with van der Waals surface area (Å²) in [6.07, 6.45) is 4.94. The third-order valence-corrected chi connectivity index (χ3v) is 3.88. The molecule has 0 amide bonds. The standard InChI is InChI=1S/C11H15N5O2S/c1-9-7-14-16(8-9)6-5-15-19(17,18)11-10(12)3-2-4-13-11/h2-4,7-8,15H,5-6,12H2,1H3. The van der Waals surface area contributed by atoms with E-state index in [-0.39, 0.29) is 17.3 Å². The van der Waals surface area contributed by atoms with Crippen LogP contribution in [0.4, 0.5) is 5.69 Å². The summed E-state index contributed by atoms with van der Waals surface area (Å²) in [7, 11) is -3.68. The Morgan fingerprint density at radius 3 is 2.89 bits per heavy atom. The molecular formula is C11H15N5O2S. The van der Waals surface area contributed by atoms with Gasteiger partial charge in [0.25, 0.3) is 10.0 Å². The molecule has 0 unspecified atom stereocenters. The second-order valence-corrected chi connectivity index (χ2v) is 5.76. The molecule has 0 aliphatic rings. The Labute approximate surface area is 111 Å². The van der Waals surface area contributed by atoms with Gasteiger partial charge in [0.15, 0.2) is 5.03 Å². The van der Waals surface area contributed by atoms with E-state index in [9.17, 15) is 8.42 Å². The highest BCUT2D eigenvalue weighted by molar-refractivity contribution is 7.89. The molecule has 0 atom stereocenters. The third-order valence-electron chi connectivity index (χ3n) is 2.45. The molecule has 0 bridgehead atoms.